The Morgan fingerprint density at radius 1 is 1.61 bits per heavy atom. The zero-order chi connectivity index (χ0) is 13.0. The summed E-state index contributed by atoms with van der Waals surface area (Å²) in [6.45, 7) is 2.26. The van der Waals surface area contributed by atoms with Crippen LogP contribution in [-0.4, -0.2) is 23.9 Å². The van der Waals surface area contributed by atoms with Crippen LogP contribution in [0.2, 0.25) is 0 Å². The first-order chi connectivity index (χ1) is 8.66. The van der Waals surface area contributed by atoms with Crippen LogP contribution in [0.5, 0.6) is 0 Å². The molecule has 3 heteroatoms. The molecule has 0 bridgehead atoms. The number of aliphatic hydroxyl groups is 1. The number of ether oxygens (including phenoxy) is 1. The second-order valence-corrected chi connectivity index (χ2v) is 6.64. The first kappa shape index (κ1) is 14.0. The summed E-state index contributed by atoms with van der Waals surface area (Å²) in [6.07, 6.45) is 5.86. The molecule has 1 aromatic heterocycles. The summed E-state index contributed by atoms with van der Waals surface area (Å²) in [7, 11) is 1.76. The maximum Gasteiger partial charge on any atom is 0.0939 e. The van der Waals surface area contributed by atoms with Crippen molar-refractivity contribution in [2.24, 2.45) is 5.92 Å². The van der Waals surface area contributed by atoms with Crippen LogP contribution in [0.3, 0.4) is 0 Å². The van der Waals surface area contributed by atoms with E-state index in [1.54, 1.807) is 18.4 Å². The molecule has 0 amide bonds. The third-order valence-corrected chi connectivity index (χ3v) is 5.19. The highest BCUT2D eigenvalue weighted by Crippen LogP contribution is 2.38. The molecule has 1 N–H and O–H groups in total. The quantitative estimate of drug-likeness (QED) is 0.883. The molecular weight excluding hydrogens is 244 g/mol. The maximum atomic E-state index is 10.5. The highest BCUT2D eigenvalue weighted by Gasteiger charge is 2.41. The van der Waals surface area contributed by atoms with E-state index in [0.717, 1.165) is 25.7 Å². The average Bonchev–Trinajstić information content (AvgIpc) is 2.88. The predicted octanol–water partition coefficient (Wildman–Crippen LogP) is 3.64. The Morgan fingerprint density at radius 3 is 3.06 bits per heavy atom. The van der Waals surface area contributed by atoms with Gasteiger partial charge in [0.25, 0.3) is 0 Å². The van der Waals surface area contributed by atoms with Crippen molar-refractivity contribution >= 4 is 11.3 Å². The van der Waals surface area contributed by atoms with Gasteiger partial charge in [0.15, 0.2) is 0 Å². The van der Waals surface area contributed by atoms with E-state index in [1.807, 2.05) is 0 Å². The summed E-state index contributed by atoms with van der Waals surface area (Å²) in [4.78, 5) is 1.35. The average molecular weight is 268 g/mol. The van der Waals surface area contributed by atoms with Crippen molar-refractivity contribution in [1.82, 2.24) is 0 Å². The van der Waals surface area contributed by atoms with E-state index in [-0.39, 0.29) is 11.7 Å². The Kier molecular flexibility index (Phi) is 4.82. The number of hydrogen-bond donors (Lipinski definition) is 1. The van der Waals surface area contributed by atoms with E-state index in [9.17, 15) is 5.11 Å². The molecule has 0 spiro atoms. The lowest BCUT2D eigenvalue weighted by Crippen LogP contribution is -2.47. The van der Waals surface area contributed by atoms with Gasteiger partial charge in [-0.25, -0.2) is 0 Å². The SMILES string of the molecule is COC1(C(O)CCc2cccs2)CCCC(C)C1. The summed E-state index contributed by atoms with van der Waals surface area (Å²) in [5.41, 5.74) is -0.297. The Morgan fingerprint density at radius 2 is 2.44 bits per heavy atom. The van der Waals surface area contributed by atoms with Gasteiger partial charge in [-0.05, 0) is 43.0 Å². The summed E-state index contributed by atoms with van der Waals surface area (Å²) in [5, 5.41) is 12.6. The molecule has 0 radical (unpaired) electrons. The highest BCUT2D eigenvalue weighted by molar-refractivity contribution is 7.09. The van der Waals surface area contributed by atoms with Crippen LogP contribution in [0.25, 0.3) is 0 Å². The van der Waals surface area contributed by atoms with Gasteiger partial charge in [0, 0.05) is 12.0 Å². The standard InChI is InChI=1S/C15H24O2S/c1-12-5-3-9-15(11-12,17-2)14(16)8-7-13-6-4-10-18-13/h4,6,10,12,14,16H,3,5,7-9,11H2,1-2H3. The van der Waals surface area contributed by atoms with Crippen LogP contribution in [0, 0.1) is 5.92 Å². The van der Waals surface area contributed by atoms with Crippen molar-refractivity contribution in [2.45, 2.75) is 57.2 Å². The monoisotopic (exact) mass is 268 g/mol. The normalized spacial score (nSPS) is 30.3. The van der Waals surface area contributed by atoms with Crippen LogP contribution in [-0.2, 0) is 11.2 Å². The lowest BCUT2D eigenvalue weighted by atomic mass is 9.74. The van der Waals surface area contributed by atoms with E-state index >= 15 is 0 Å². The molecular formula is C15H24O2S. The largest absolute Gasteiger partial charge is 0.390 e. The predicted molar refractivity (Wildman–Crippen MR) is 76.0 cm³/mol. The summed E-state index contributed by atoms with van der Waals surface area (Å²) < 4.78 is 5.73. The van der Waals surface area contributed by atoms with Crippen LogP contribution < -0.4 is 0 Å². The first-order valence-corrected chi connectivity index (χ1v) is 7.80. The van der Waals surface area contributed by atoms with Gasteiger partial charge in [-0.3, -0.25) is 0 Å². The number of aliphatic hydroxyl groups excluding tert-OH is 1. The van der Waals surface area contributed by atoms with Crippen LogP contribution >= 0.6 is 11.3 Å². The molecule has 2 nitrogen and oxygen atoms in total. The summed E-state index contributed by atoms with van der Waals surface area (Å²) in [6, 6.07) is 4.21. The molecule has 2 rings (SSSR count). The fourth-order valence-corrected chi connectivity index (χ4v) is 3.89. The molecule has 1 aliphatic rings. The number of thiophene rings is 1. The Bertz CT molecular complexity index is 349. The van der Waals surface area contributed by atoms with Gasteiger partial charge in [-0.15, -0.1) is 11.3 Å². The number of hydrogen-bond acceptors (Lipinski definition) is 3. The molecule has 0 saturated heterocycles. The van der Waals surface area contributed by atoms with E-state index in [4.69, 9.17) is 4.74 Å². The smallest absolute Gasteiger partial charge is 0.0939 e. The van der Waals surface area contributed by atoms with Gasteiger partial charge in [0.05, 0.1) is 11.7 Å². The zero-order valence-electron chi connectivity index (χ0n) is 11.4. The molecule has 0 aromatic carbocycles. The third kappa shape index (κ3) is 3.14. The van der Waals surface area contributed by atoms with Gasteiger partial charge in [-0.1, -0.05) is 25.8 Å². The second kappa shape index (κ2) is 6.18. The minimum absolute atomic E-state index is 0.297. The molecule has 3 atom stereocenters. The van der Waals surface area contributed by atoms with Crippen LogP contribution in [0.4, 0.5) is 0 Å². The number of methoxy groups -OCH3 is 1. The fraction of sp³-hybridized carbons (Fsp3) is 0.733. The number of aryl methyl sites for hydroxylation is 1. The minimum Gasteiger partial charge on any atom is -0.390 e. The topological polar surface area (TPSA) is 29.5 Å². The molecule has 18 heavy (non-hydrogen) atoms. The fourth-order valence-electron chi connectivity index (χ4n) is 3.16. The Balaban J connectivity index is 1.94. The van der Waals surface area contributed by atoms with Gasteiger partial charge < -0.3 is 9.84 Å². The zero-order valence-corrected chi connectivity index (χ0v) is 12.2. The van der Waals surface area contributed by atoms with E-state index in [0.29, 0.717) is 5.92 Å². The summed E-state index contributed by atoms with van der Waals surface area (Å²) >= 11 is 1.77. The van der Waals surface area contributed by atoms with Crippen molar-refractivity contribution < 1.29 is 9.84 Å². The summed E-state index contributed by atoms with van der Waals surface area (Å²) in [5.74, 6) is 0.662. The van der Waals surface area contributed by atoms with Crippen molar-refractivity contribution in [3.05, 3.63) is 22.4 Å². The van der Waals surface area contributed by atoms with E-state index in [1.165, 1.54) is 17.7 Å². The van der Waals surface area contributed by atoms with E-state index in [2.05, 4.69) is 24.4 Å². The lowest BCUT2D eigenvalue weighted by Gasteiger charge is -2.42. The van der Waals surface area contributed by atoms with E-state index < -0.39 is 0 Å². The van der Waals surface area contributed by atoms with Crippen LogP contribution in [0.15, 0.2) is 17.5 Å². The molecule has 102 valence electrons. The van der Waals surface area contributed by atoms with Gasteiger partial charge in [0.2, 0.25) is 0 Å². The third-order valence-electron chi connectivity index (χ3n) is 4.25. The van der Waals surface area contributed by atoms with Gasteiger partial charge >= 0.3 is 0 Å². The maximum absolute atomic E-state index is 10.5. The number of rotatable bonds is 5. The first-order valence-electron chi connectivity index (χ1n) is 6.92. The van der Waals surface area contributed by atoms with Crippen LogP contribution in [0.1, 0.15) is 43.9 Å². The van der Waals surface area contributed by atoms with Gasteiger partial charge in [0.1, 0.15) is 0 Å². The molecule has 1 fully saturated rings. The molecule has 1 heterocycles. The molecule has 1 aromatic rings. The van der Waals surface area contributed by atoms with Crippen molar-refractivity contribution in [3.8, 4) is 0 Å². The Hall–Kier alpha value is -0.380. The Labute approximate surface area is 114 Å². The molecule has 0 aliphatic heterocycles. The minimum atomic E-state index is -0.340. The molecule has 1 aliphatic carbocycles. The van der Waals surface area contributed by atoms with Gasteiger partial charge in [-0.2, -0.15) is 0 Å². The van der Waals surface area contributed by atoms with Crippen molar-refractivity contribution in [1.29, 1.82) is 0 Å². The molecule has 1 saturated carbocycles. The second-order valence-electron chi connectivity index (χ2n) is 5.60. The molecule has 3 unspecified atom stereocenters. The highest BCUT2D eigenvalue weighted by atomic mass is 32.1. The van der Waals surface area contributed by atoms with Crippen molar-refractivity contribution in [3.63, 3.8) is 0 Å². The van der Waals surface area contributed by atoms with Crippen molar-refractivity contribution in [2.75, 3.05) is 7.11 Å². The lowest BCUT2D eigenvalue weighted by molar-refractivity contribution is -0.133.